The number of rotatable bonds is 5. The van der Waals surface area contributed by atoms with E-state index in [1.165, 1.54) is 22.3 Å². The van der Waals surface area contributed by atoms with Gasteiger partial charge in [-0.25, -0.2) is 0 Å². The molecule has 0 aliphatic rings. The van der Waals surface area contributed by atoms with Gasteiger partial charge in [-0.1, -0.05) is 61.0 Å². The first kappa shape index (κ1) is 14.3. The minimum atomic E-state index is -0.728. The summed E-state index contributed by atoms with van der Waals surface area (Å²) < 4.78 is 0. The molecule has 0 saturated heterocycles. The van der Waals surface area contributed by atoms with Crippen molar-refractivity contribution in [3.8, 4) is 11.1 Å². The van der Waals surface area contributed by atoms with E-state index in [4.69, 9.17) is 5.11 Å². The lowest BCUT2D eigenvalue weighted by atomic mass is 9.96. The van der Waals surface area contributed by atoms with Gasteiger partial charge < -0.3 is 5.11 Å². The Labute approximate surface area is 120 Å². The molecule has 2 nitrogen and oxygen atoms in total. The van der Waals surface area contributed by atoms with Gasteiger partial charge in [-0.15, -0.1) is 0 Å². The minimum absolute atomic E-state index is 0.164. The molecule has 0 amide bonds. The Morgan fingerprint density at radius 2 is 1.80 bits per heavy atom. The van der Waals surface area contributed by atoms with Crippen molar-refractivity contribution in [2.45, 2.75) is 26.7 Å². The van der Waals surface area contributed by atoms with Crippen molar-refractivity contribution in [2.24, 2.45) is 5.92 Å². The fourth-order valence-electron chi connectivity index (χ4n) is 2.43. The lowest BCUT2D eigenvalue weighted by molar-refractivity contribution is -0.137. The molecule has 0 aliphatic carbocycles. The van der Waals surface area contributed by atoms with Crippen LogP contribution in [0.1, 0.15) is 24.5 Å². The molecule has 0 radical (unpaired) electrons. The maximum atomic E-state index is 10.7. The maximum absolute atomic E-state index is 10.7. The van der Waals surface area contributed by atoms with E-state index in [0.717, 1.165) is 6.42 Å². The number of hydrogen-bond acceptors (Lipinski definition) is 1. The van der Waals surface area contributed by atoms with Crippen LogP contribution in [0, 0.1) is 12.8 Å². The second kappa shape index (κ2) is 6.38. The van der Waals surface area contributed by atoms with E-state index in [1.807, 2.05) is 6.92 Å². The van der Waals surface area contributed by atoms with Crippen LogP contribution in [-0.4, -0.2) is 11.1 Å². The molecule has 0 bridgehead atoms. The summed E-state index contributed by atoms with van der Waals surface area (Å²) in [5, 5.41) is 8.78. The van der Waals surface area contributed by atoms with Crippen molar-refractivity contribution < 1.29 is 9.90 Å². The Morgan fingerprint density at radius 3 is 2.40 bits per heavy atom. The summed E-state index contributed by atoms with van der Waals surface area (Å²) in [7, 11) is 0. The van der Waals surface area contributed by atoms with Crippen LogP contribution in [-0.2, 0) is 11.2 Å². The first-order chi connectivity index (χ1) is 9.54. The summed E-state index contributed by atoms with van der Waals surface area (Å²) in [4.78, 5) is 10.7. The molecule has 2 aromatic carbocycles. The molecule has 1 atom stereocenters. The number of carboxylic acid groups (broad SMARTS) is 1. The number of hydrogen-bond donors (Lipinski definition) is 1. The van der Waals surface area contributed by atoms with Crippen LogP contribution in [0.15, 0.2) is 48.5 Å². The SMILES string of the molecule is Cc1cccc(-c2ccc(CC(C)CC(=O)O)cc2)c1. The summed E-state index contributed by atoms with van der Waals surface area (Å²) in [5.41, 5.74) is 4.86. The fourth-order valence-corrected chi connectivity index (χ4v) is 2.43. The van der Waals surface area contributed by atoms with Gasteiger partial charge in [0.25, 0.3) is 0 Å². The van der Waals surface area contributed by atoms with Crippen LogP contribution in [0.2, 0.25) is 0 Å². The second-order valence-electron chi connectivity index (χ2n) is 5.47. The third-order valence-corrected chi connectivity index (χ3v) is 3.41. The van der Waals surface area contributed by atoms with Crippen LogP contribution in [0.4, 0.5) is 0 Å². The molecule has 104 valence electrons. The van der Waals surface area contributed by atoms with Crippen LogP contribution >= 0.6 is 0 Å². The minimum Gasteiger partial charge on any atom is -0.481 e. The molecule has 2 heteroatoms. The summed E-state index contributed by atoms with van der Waals surface area (Å²) >= 11 is 0. The van der Waals surface area contributed by atoms with Gasteiger partial charge in [0.2, 0.25) is 0 Å². The van der Waals surface area contributed by atoms with E-state index in [2.05, 4.69) is 55.5 Å². The predicted molar refractivity (Wildman–Crippen MR) is 81.7 cm³/mol. The van der Waals surface area contributed by atoms with Gasteiger partial charge in [0, 0.05) is 6.42 Å². The standard InChI is InChI=1S/C18H20O2/c1-13-4-3-5-17(11-13)16-8-6-15(7-9-16)10-14(2)12-18(19)20/h3-9,11,14H,10,12H2,1-2H3,(H,19,20). The van der Waals surface area contributed by atoms with Gasteiger partial charge in [-0.2, -0.15) is 0 Å². The van der Waals surface area contributed by atoms with E-state index in [1.54, 1.807) is 0 Å². The van der Waals surface area contributed by atoms with Crippen LogP contribution in [0.5, 0.6) is 0 Å². The summed E-state index contributed by atoms with van der Waals surface area (Å²) in [6, 6.07) is 16.8. The number of carboxylic acids is 1. The molecule has 0 heterocycles. The third-order valence-electron chi connectivity index (χ3n) is 3.41. The van der Waals surface area contributed by atoms with Gasteiger partial charge in [0.1, 0.15) is 0 Å². The average molecular weight is 268 g/mol. The molecule has 1 N–H and O–H groups in total. The smallest absolute Gasteiger partial charge is 0.303 e. The zero-order valence-corrected chi connectivity index (χ0v) is 12.0. The quantitative estimate of drug-likeness (QED) is 0.877. The van der Waals surface area contributed by atoms with Crippen LogP contribution in [0.3, 0.4) is 0 Å². The summed E-state index contributed by atoms with van der Waals surface area (Å²) in [6.07, 6.45) is 1.03. The largest absolute Gasteiger partial charge is 0.481 e. The highest BCUT2D eigenvalue weighted by Gasteiger charge is 2.08. The third kappa shape index (κ3) is 3.95. The lowest BCUT2D eigenvalue weighted by Gasteiger charge is -2.09. The van der Waals surface area contributed by atoms with E-state index in [-0.39, 0.29) is 12.3 Å². The van der Waals surface area contributed by atoms with Gasteiger partial charge in [-0.3, -0.25) is 4.79 Å². The first-order valence-electron chi connectivity index (χ1n) is 6.92. The fraction of sp³-hybridized carbons (Fsp3) is 0.278. The van der Waals surface area contributed by atoms with Crippen molar-refractivity contribution >= 4 is 5.97 Å². The number of carbonyl (C=O) groups is 1. The molecule has 0 spiro atoms. The first-order valence-corrected chi connectivity index (χ1v) is 6.92. The average Bonchev–Trinajstić information content (AvgIpc) is 2.38. The Morgan fingerprint density at radius 1 is 1.10 bits per heavy atom. The lowest BCUT2D eigenvalue weighted by Crippen LogP contribution is -2.06. The Bertz CT molecular complexity index is 585. The molecule has 2 aromatic rings. The zero-order chi connectivity index (χ0) is 14.5. The van der Waals surface area contributed by atoms with Crippen molar-refractivity contribution in [3.63, 3.8) is 0 Å². The van der Waals surface area contributed by atoms with E-state index >= 15 is 0 Å². The van der Waals surface area contributed by atoms with E-state index in [9.17, 15) is 4.79 Å². The van der Waals surface area contributed by atoms with Crippen molar-refractivity contribution in [1.29, 1.82) is 0 Å². The number of aliphatic carboxylic acids is 1. The van der Waals surface area contributed by atoms with Crippen molar-refractivity contribution in [2.75, 3.05) is 0 Å². The highest BCUT2D eigenvalue weighted by Crippen LogP contribution is 2.22. The Kier molecular flexibility index (Phi) is 4.57. The van der Waals surface area contributed by atoms with Crippen LogP contribution < -0.4 is 0 Å². The molecule has 0 aliphatic heterocycles. The number of aryl methyl sites for hydroxylation is 1. The highest BCUT2D eigenvalue weighted by molar-refractivity contribution is 5.67. The second-order valence-corrected chi connectivity index (χ2v) is 5.47. The number of benzene rings is 2. The monoisotopic (exact) mass is 268 g/mol. The Balaban J connectivity index is 2.08. The van der Waals surface area contributed by atoms with Gasteiger partial charge >= 0.3 is 5.97 Å². The highest BCUT2D eigenvalue weighted by atomic mass is 16.4. The normalized spacial score (nSPS) is 12.1. The predicted octanol–water partition coefficient (Wildman–Crippen LogP) is 4.32. The van der Waals surface area contributed by atoms with Crippen molar-refractivity contribution in [1.82, 2.24) is 0 Å². The van der Waals surface area contributed by atoms with Gasteiger partial charge in [0.05, 0.1) is 0 Å². The zero-order valence-electron chi connectivity index (χ0n) is 12.0. The molecule has 0 aromatic heterocycles. The van der Waals surface area contributed by atoms with Crippen LogP contribution in [0.25, 0.3) is 11.1 Å². The van der Waals surface area contributed by atoms with Crippen molar-refractivity contribution in [3.05, 3.63) is 59.7 Å². The summed E-state index contributed by atoms with van der Waals surface area (Å²) in [5.74, 6) is -0.564. The Hall–Kier alpha value is -2.09. The molecular formula is C18H20O2. The summed E-state index contributed by atoms with van der Waals surface area (Å²) in [6.45, 7) is 4.06. The topological polar surface area (TPSA) is 37.3 Å². The molecule has 2 rings (SSSR count). The van der Waals surface area contributed by atoms with Gasteiger partial charge in [-0.05, 0) is 36.0 Å². The molecule has 1 unspecified atom stereocenters. The van der Waals surface area contributed by atoms with E-state index in [0.29, 0.717) is 0 Å². The van der Waals surface area contributed by atoms with Gasteiger partial charge in [0.15, 0.2) is 0 Å². The molecule has 0 fully saturated rings. The maximum Gasteiger partial charge on any atom is 0.303 e. The molecular weight excluding hydrogens is 248 g/mol. The molecule has 20 heavy (non-hydrogen) atoms. The molecule has 0 saturated carbocycles. The van der Waals surface area contributed by atoms with E-state index < -0.39 is 5.97 Å².